The first-order valence-corrected chi connectivity index (χ1v) is 3.52. The molecule has 0 saturated heterocycles. The number of halogens is 2. The van der Waals surface area contributed by atoms with E-state index in [2.05, 4.69) is 20.9 Å². The summed E-state index contributed by atoms with van der Waals surface area (Å²) in [5, 5.41) is 0.646. The van der Waals surface area contributed by atoms with Gasteiger partial charge in [0, 0.05) is 6.20 Å². The minimum absolute atomic E-state index is 0.646. The third-order valence-electron chi connectivity index (χ3n) is 0.714. The van der Waals surface area contributed by atoms with E-state index in [1.165, 1.54) is 0 Å². The van der Waals surface area contributed by atoms with Crippen LogP contribution >= 0.6 is 27.5 Å². The van der Waals surface area contributed by atoms with E-state index >= 15 is 0 Å². The summed E-state index contributed by atoms with van der Waals surface area (Å²) in [6, 6.07) is 3.56. The fraction of sp³-hybridized carbons (Fsp3) is 0. The molecule has 1 aromatic rings. The van der Waals surface area contributed by atoms with Gasteiger partial charge in [-0.1, -0.05) is 11.6 Å². The van der Waals surface area contributed by atoms with E-state index in [1.807, 2.05) is 6.79 Å². The van der Waals surface area contributed by atoms with Gasteiger partial charge in [-0.05, 0) is 28.1 Å². The van der Waals surface area contributed by atoms with Crippen molar-refractivity contribution in [3.8, 4) is 0 Å². The fourth-order valence-corrected chi connectivity index (χ4v) is 0.738. The molecule has 0 atom stereocenters. The van der Waals surface area contributed by atoms with Crippen molar-refractivity contribution in [1.82, 2.24) is 4.98 Å². The SMILES string of the molecule is C=O.Clc1cccnc1Br. The standard InChI is InChI=1S/C5H3BrClN.CH2O/c6-5-4(7)2-1-3-8-5;1-2/h1-3H;1H2. The quantitative estimate of drug-likeness (QED) is 0.631. The summed E-state index contributed by atoms with van der Waals surface area (Å²) in [7, 11) is 0. The number of aromatic nitrogens is 1. The Bertz CT molecular complexity index is 186. The van der Waals surface area contributed by atoms with E-state index in [4.69, 9.17) is 16.4 Å². The van der Waals surface area contributed by atoms with Gasteiger partial charge < -0.3 is 4.79 Å². The number of carbonyl (C=O) groups excluding carboxylic acids is 1. The maximum Gasteiger partial charge on any atom is 0.124 e. The molecular formula is C6H5BrClNO. The average molecular weight is 222 g/mol. The zero-order valence-corrected chi connectivity index (χ0v) is 7.39. The van der Waals surface area contributed by atoms with Gasteiger partial charge in [0.25, 0.3) is 0 Å². The highest BCUT2D eigenvalue weighted by atomic mass is 79.9. The van der Waals surface area contributed by atoms with Crippen LogP contribution in [0, 0.1) is 0 Å². The number of rotatable bonds is 0. The molecule has 0 radical (unpaired) electrons. The second kappa shape index (κ2) is 5.38. The van der Waals surface area contributed by atoms with E-state index in [0.717, 1.165) is 0 Å². The number of hydrogen-bond donors (Lipinski definition) is 0. The maximum atomic E-state index is 8.00. The summed E-state index contributed by atoms with van der Waals surface area (Å²) in [5.74, 6) is 0. The molecule has 0 bridgehead atoms. The number of pyridine rings is 1. The zero-order valence-electron chi connectivity index (χ0n) is 5.05. The lowest BCUT2D eigenvalue weighted by Gasteiger charge is -1.88. The molecule has 0 amide bonds. The van der Waals surface area contributed by atoms with Crippen LogP contribution in [0.25, 0.3) is 0 Å². The molecule has 2 nitrogen and oxygen atoms in total. The molecule has 1 heterocycles. The Kier molecular flexibility index (Phi) is 5.16. The summed E-state index contributed by atoms with van der Waals surface area (Å²) in [6.45, 7) is 2.00. The van der Waals surface area contributed by atoms with Gasteiger partial charge in [-0.3, -0.25) is 0 Å². The van der Waals surface area contributed by atoms with Crippen molar-refractivity contribution in [3.05, 3.63) is 28.0 Å². The molecule has 1 aromatic heterocycles. The van der Waals surface area contributed by atoms with Crippen molar-refractivity contribution in [2.24, 2.45) is 0 Å². The van der Waals surface area contributed by atoms with Crippen molar-refractivity contribution in [1.29, 1.82) is 0 Å². The van der Waals surface area contributed by atoms with E-state index in [9.17, 15) is 0 Å². The molecule has 0 spiro atoms. The van der Waals surface area contributed by atoms with E-state index in [-0.39, 0.29) is 0 Å². The molecule has 0 fully saturated rings. The second-order valence-corrected chi connectivity index (χ2v) is 2.43. The summed E-state index contributed by atoms with van der Waals surface area (Å²) < 4.78 is 0.696. The van der Waals surface area contributed by atoms with Crippen LogP contribution in [0.4, 0.5) is 0 Å². The molecular weight excluding hydrogens is 217 g/mol. The van der Waals surface area contributed by atoms with Crippen molar-refractivity contribution in [3.63, 3.8) is 0 Å². The molecule has 0 aliphatic carbocycles. The van der Waals surface area contributed by atoms with Crippen molar-refractivity contribution in [2.75, 3.05) is 0 Å². The highest BCUT2D eigenvalue weighted by Gasteiger charge is 1.90. The Morgan fingerprint density at radius 1 is 1.60 bits per heavy atom. The van der Waals surface area contributed by atoms with Gasteiger partial charge in [-0.2, -0.15) is 0 Å². The minimum Gasteiger partial charge on any atom is -0.307 e. The van der Waals surface area contributed by atoms with E-state index in [1.54, 1.807) is 18.3 Å². The first-order valence-electron chi connectivity index (χ1n) is 2.35. The number of carbonyl (C=O) groups is 1. The minimum atomic E-state index is 0.646. The molecule has 1 rings (SSSR count). The summed E-state index contributed by atoms with van der Waals surface area (Å²) in [5.41, 5.74) is 0. The van der Waals surface area contributed by atoms with Crippen LogP contribution in [0.3, 0.4) is 0 Å². The van der Waals surface area contributed by atoms with Gasteiger partial charge in [-0.15, -0.1) is 0 Å². The van der Waals surface area contributed by atoms with Crippen LogP contribution in [-0.4, -0.2) is 11.8 Å². The lowest BCUT2D eigenvalue weighted by atomic mass is 10.5. The summed E-state index contributed by atoms with van der Waals surface area (Å²) in [6.07, 6.45) is 1.68. The third-order valence-corrected chi connectivity index (χ3v) is 1.88. The van der Waals surface area contributed by atoms with E-state index < -0.39 is 0 Å². The maximum absolute atomic E-state index is 8.00. The molecule has 10 heavy (non-hydrogen) atoms. The van der Waals surface area contributed by atoms with Crippen molar-refractivity contribution < 1.29 is 4.79 Å². The van der Waals surface area contributed by atoms with Gasteiger partial charge in [0.2, 0.25) is 0 Å². The Labute approximate surface area is 72.4 Å². The van der Waals surface area contributed by atoms with Crippen LogP contribution in [0.1, 0.15) is 0 Å². The molecule has 54 valence electrons. The molecule has 0 aromatic carbocycles. The topological polar surface area (TPSA) is 30.0 Å². The normalized spacial score (nSPS) is 7.80. The Morgan fingerprint density at radius 2 is 2.20 bits per heavy atom. The van der Waals surface area contributed by atoms with Gasteiger partial charge in [0.15, 0.2) is 0 Å². The smallest absolute Gasteiger partial charge is 0.124 e. The highest BCUT2D eigenvalue weighted by molar-refractivity contribution is 9.10. The van der Waals surface area contributed by atoms with Crippen LogP contribution < -0.4 is 0 Å². The van der Waals surface area contributed by atoms with Crippen molar-refractivity contribution >= 4 is 34.3 Å². The monoisotopic (exact) mass is 221 g/mol. The van der Waals surface area contributed by atoms with Crippen LogP contribution in [0.2, 0.25) is 5.02 Å². The van der Waals surface area contributed by atoms with Crippen LogP contribution in [-0.2, 0) is 4.79 Å². The third kappa shape index (κ3) is 2.94. The van der Waals surface area contributed by atoms with Crippen LogP contribution in [0.5, 0.6) is 0 Å². The summed E-state index contributed by atoms with van der Waals surface area (Å²) >= 11 is 8.75. The largest absolute Gasteiger partial charge is 0.307 e. The molecule has 0 aliphatic heterocycles. The number of nitrogens with zero attached hydrogens (tertiary/aromatic N) is 1. The Morgan fingerprint density at radius 3 is 2.50 bits per heavy atom. The van der Waals surface area contributed by atoms with Gasteiger partial charge in [0.05, 0.1) is 5.02 Å². The molecule has 0 saturated carbocycles. The van der Waals surface area contributed by atoms with Gasteiger partial charge in [-0.25, -0.2) is 4.98 Å². The second-order valence-electron chi connectivity index (χ2n) is 1.28. The summed E-state index contributed by atoms with van der Waals surface area (Å²) in [4.78, 5) is 11.9. The first-order chi connectivity index (χ1) is 4.80. The Hall–Kier alpha value is -0.410. The zero-order chi connectivity index (χ0) is 7.98. The Balaban J connectivity index is 0.000000371. The first kappa shape index (κ1) is 9.59. The molecule has 4 heteroatoms. The molecule has 0 aliphatic rings. The van der Waals surface area contributed by atoms with E-state index in [0.29, 0.717) is 9.63 Å². The van der Waals surface area contributed by atoms with Gasteiger partial charge in [0.1, 0.15) is 11.4 Å². The average Bonchev–Trinajstić information content (AvgIpc) is 2.00. The fourth-order valence-electron chi connectivity index (χ4n) is 0.366. The van der Waals surface area contributed by atoms with Gasteiger partial charge >= 0.3 is 0 Å². The van der Waals surface area contributed by atoms with Crippen LogP contribution in [0.15, 0.2) is 22.9 Å². The number of hydrogen-bond acceptors (Lipinski definition) is 2. The lowest BCUT2D eigenvalue weighted by Crippen LogP contribution is -1.71. The van der Waals surface area contributed by atoms with Crippen molar-refractivity contribution in [2.45, 2.75) is 0 Å². The molecule has 0 N–H and O–H groups in total. The highest BCUT2D eigenvalue weighted by Crippen LogP contribution is 2.17. The molecule has 0 unspecified atom stereocenters. The predicted octanol–water partition coefficient (Wildman–Crippen LogP) is 2.31. The lowest BCUT2D eigenvalue weighted by molar-refractivity contribution is -0.0979. The predicted molar refractivity (Wildman–Crippen MR) is 44.1 cm³/mol.